The first-order valence-electron chi connectivity index (χ1n) is 26.4. The molecule has 10 rings (SSSR count). The molecule has 75 heavy (non-hydrogen) atoms. The van der Waals surface area contributed by atoms with Crippen LogP contribution in [0.4, 0.5) is 0 Å². The van der Waals surface area contributed by atoms with Crippen molar-refractivity contribution in [1.29, 1.82) is 0 Å². The third kappa shape index (κ3) is 16.0. The number of cyclic esters (lactones) is 2. The van der Waals surface area contributed by atoms with Crippen LogP contribution in [0.5, 0.6) is 0 Å². The van der Waals surface area contributed by atoms with Crippen LogP contribution in [-0.2, 0) is 37.9 Å². The zero-order valence-corrected chi connectivity index (χ0v) is 48.8. The molecule has 5 aliphatic heterocycles. The Morgan fingerprint density at radius 1 is 0.653 bits per heavy atom. The van der Waals surface area contributed by atoms with Gasteiger partial charge >= 0.3 is 47.5 Å². The Balaban J connectivity index is 0.000000245. The van der Waals surface area contributed by atoms with Crippen molar-refractivity contribution in [1.82, 2.24) is 0 Å². The number of aliphatic hydroxyl groups is 1. The van der Waals surface area contributed by atoms with E-state index in [0.717, 1.165) is 71.2 Å². The molecule has 14 heteroatoms. The van der Waals surface area contributed by atoms with Gasteiger partial charge in [0.2, 0.25) is 0 Å². The van der Waals surface area contributed by atoms with Crippen LogP contribution >= 0.6 is 0 Å². The van der Waals surface area contributed by atoms with Gasteiger partial charge in [-0.25, -0.2) is 14.4 Å². The summed E-state index contributed by atoms with van der Waals surface area (Å²) in [7, 11) is 0. The van der Waals surface area contributed by atoms with Crippen LogP contribution in [0.25, 0.3) is 0 Å². The molecule has 406 valence electrons. The number of ether oxygens (including phenoxy) is 8. The number of hydrogen-bond donors (Lipinski definition) is 1. The van der Waals surface area contributed by atoms with Crippen LogP contribution in [0, 0.1) is 47.0 Å². The summed E-state index contributed by atoms with van der Waals surface area (Å²) in [6, 6.07) is 17.3. The van der Waals surface area contributed by atoms with Gasteiger partial charge in [-0.3, -0.25) is 0 Å². The van der Waals surface area contributed by atoms with Gasteiger partial charge in [0.25, 0.3) is 0 Å². The normalized spacial score (nSPS) is 32.9. The van der Waals surface area contributed by atoms with E-state index in [-0.39, 0.29) is 90.8 Å². The Hall–Kier alpha value is -3.73. The number of carbonyl (C=O) groups is 3. The van der Waals surface area contributed by atoms with E-state index in [9.17, 15) is 19.5 Å². The summed E-state index contributed by atoms with van der Waals surface area (Å²) in [6.07, 6.45) is 11.8. The predicted octanol–water partition coefficient (Wildman–Crippen LogP) is 8.69. The number of rotatable bonds is 2. The van der Waals surface area contributed by atoms with Gasteiger partial charge in [0.05, 0.1) is 35.0 Å². The van der Waals surface area contributed by atoms with E-state index >= 15 is 0 Å². The molecule has 3 aromatic carbocycles. The van der Waals surface area contributed by atoms with E-state index in [0.29, 0.717) is 47.8 Å². The zero-order chi connectivity index (χ0) is 51.6. The molecule has 5 heterocycles. The average molecular weight is 1050 g/mol. The Labute approximate surface area is 468 Å². The van der Waals surface area contributed by atoms with E-state index in [4.69, 9.17) is 37.9 Å². The van der Waals surface area contributed by atoms with Crippen molar-refractivity contribution in [3.05, 3.63) is 136 Å². The molecule has 7 unspecified atom stereocenters. The number of aliphatic hydroxyl groups excluding tert-OH is 1. The quantitative estimate of drug-likeness (QED) is 0.0850. The van der Waals surface area contributed by atoms with Crippen LogP contribution in [0.3, 0.4) is 0 Å². The third-order valence-electron chi connectivity index (χ3n) is 14.9. The fourth-order valence-electron chi connectivity index (χ4n) is 11.4. The number of carbonyl (C=O) groups excluding carboxylic acids is 3. The van der Waals surface area contributed by atoms with Crippen LogP contribution in [-0.4, -0.2) is 102 Å². The van der Waals surface area contributed by atoms with Crippen molar-refractivity contribution in [3.8, 4) is 0 Å². The molecule has 5 fully saturated rings. The summed E-state index contributed by atoms with van der Waals surface area (Å²) in [5.41, 5.74) is 8.27. The van der Waals surface area contributed by atoms with E-state index in [1.165, 1.54) is 12.8 Å². The standard InChI is InChI=1S/C31H36O6.C24H32O5.C5H10O.CH3.Na.H2O/c1-18-14-19(2)27-24(15-18)23-16-22(23)17-26-28(37-31(4,5)36-26)25(13-9-10-20(3)34-30(27)33)35-29(32)21-11-7-6-8-12-21;1-13-9-14(2)21-18(10-13)17-11-16(17)12-20-22(29-24(4,5)28-20)19(25)8-6-7-15(3)27-23(21)26;1-5-3-2-4-6-5;;;/h6-9,11-15,20,22-23,25-26,28H,10,16-17H2,1-5H3;6,8-10,15-17,19-20,22,25H,7,11-12H2,1-5H3;5H,2-4H2,1H3;1H3;;1H2/q;;;-1;+1;/p-1/b13-9-;8-6-;;;;/t20-,22?,23?,25?,26-,28+;15-,16?,17?,19?,20-,22+;;;;/m00..../s1. The molecule has 2 aliphatic carbocycles. The topological polar surface area (TPSA) is 175 Å². The molecule has 0 bridgehead atoms. The van der Waals surface area contributed by atoms with Crippen LogP contribution in [0.1, 0.15) is 176 Å². The van der Waals surface area contributed by atoms with Gasteiger partial charge in [-0.1, -0.05) is 71.8 Å². The molecule has 2 saturated carbocycles. The summed E-state index contributed by atoms with van der Waals surface area (Å²) in [6.45, 7) is 22.5. The van der Waals surface area contributed by atoms with Crippen molar-refractivity contribution in [2.45, 2.75) is 206 Å². The third-order valence-corrected chi connectivity index (χ3v) is 14.9. The minimum atomic E-state index is -0.795. The molecule has 0 radical (unpaired) electrons. The van der Waals surface area contributed by atoms with E-state index < -0.39 is 35.9 Å². The molecule has 13 atom stereocenters. The van der Waals surface area contributed by atoms with Gasteiger partial charge in [0.1, 0.15) is 36.6 Å². The molecule has 2 N–H and O–H groups in total. The number of hydrogen-bond acceptors (Lipinski definition) is 13. The van der Waals surface area contributed by atoms with E-state index in [1.54, 1.807) is 18.2 Å². The molecule has 0 amide bonds. The average Bonchev–Trinajstić information content (AvgIpc) is 4.12. The number of aryl methyl sites for hydroxylation is 4. The Morgan fingerprint density at radius 2 is 1.13 bits per heavy atom. The summed E-state index contributed by atoms with van der Waals surface area (Å²) in [4.78, 5) is 39.2. The molecule has 0 spiro atoms. The zero-order valence-electron chi connectivity index (χ0n) is 46.8. The Morgan fingerprint density at radius 3 is 1.60 bits per heavy atom. The van der Waals surface area contributed by atoms with Crippen LogP contribution < -0.4 is 29.6 Å². The maximum Gasteiger partial charge on any atom is 1.00 e. The second kappa shape index (κ2) is 26.3. The fourth-order valence-corrected chi connectivity index (χ4v) is 11.4. The second-order valence-electron chi connectivity index (χ2n) is 22.4. The summed E-state index contributed by atoms with van der Waals surface area (Å²) >= 11 is 0. The number of fused-ring (bicyclic) bond motifs is 8. The first kappa shape index (κ1) is 62.1. The van der Waals surface area contributed by atoms with Gasteiger partial charge in [-0.15, -0.1) is 0 Å². The molecule has 3 saturated heterocycles. The largest absolute Gasteiger partial charge is 1.00 e. The fraction of sp³-hybridized carbons (Fsp3) is 0.574. The van der Waals surface area contributed by atoms with Crippen molar-refractivity contribution in [2.24, 2.45) is 11.8 Å². The Kier molecular flexibility index (Phi) is 21.8. The number of esters is 3. The molecular formula is C61H82NaO13-. The summed E-state index contributed by atoms with van der Waals surface area (Å²) in [5, 5.41) is 10.7. The van der Waals surface area contributed by atoms with E-state index in [1.807, 2.05) is 104 Å². The van der Waals surface area contributed by atoms with Crippen molar-refractivity contribution in [2.75, 3.05) is 6.61 Å². The Bertz CT molecular complexity index is 2480. The second-order valence-corrected chi connectivity index (χ2v) is 22.4. The molecular weight excluding hydrogens is 964 g/mol. The van der Waals surface area contributed by atoms with Gasteiger partial charge in [0, 0.05) is 19.4 Å². The predicted molar refractivity (Wildman–Crippen MR) is 282 cm³/mol. The van der Waals surface area contributed by atoms with Gasteiger partial charge in [-0.05, 0) is 179 Å². The van der Waals surface area contributed by atoms with Gasteiger partial charge in [0.15, 0.2) is 11.6 Å². The maximum atomic E-state index is 13.3. The SMILES string of the molecule is CC1CCCO1.Cc1cc(C)c2c(c1)C1CC1C[C@@H]1OC(C)(C)O[C@@H]1C(O)/C=C\C[C@H](C)OC2=O.Cc1cc(C)c2c(c1)C1CC1C[C@@H]1OC(C)(C)O[C@@H]1C(OC(=O)c1ccccc1)/C=C\C[C@H](C)OC2=O.[CH3-].[Na+].[OH-]. The van der Waals surface area contributed by atoms with Crippen LogP contribution in [0.2, 0.25) is 0 Å². The van der Waals surface area contributed by atoms with Crippen LogP contribution in [0.15, 0.2) is 78.9 Å². The number of benzene rings is 3. The minimum absolute atomic E-state index is 0. The monoisotopic (exact) mass is 1050 g/mol. The molecule has 13 nitrogen and oxygen atoms in total. The first-order valence-corrected chi connectivity index (χ1v) is 26.4. The summed E-state index contributed by atoms with van der Waals surface area (Å²) in [5.74, 6) is -1.12. The molecule has 3 aromatic rings. The van der Waals surface area contributed by atoms with Gasteiger partial charge < -0.3 is 55.9 Å². The first-order chi connectivity index (χ1) is 34.1. The van der Waals surface area contributed by atoms with Gasteiger partial charge in [-0.2, -0.15) is 0 Å². The minimum Gasteiger partial charge on any atom is -0.870 e. The van der Waals surface area contributed by atoms with E-state index in [2.05, 4.69) is 32.9 Å². The smallest absolute Gasteiger partial charge is 0.870 e. The van der Waals surface area contributed by atoms with Crippen molar-refractivity contribution in [3.63, 3.8) is 0 Å². The van der Waals surface area contributed by atoms with Crippen molar-refractivity contribution < 1.29 is 92.4 Å². The molecule has 0 aromatic heterocycles. The summed E-state index contributed by atoms with van der Waals surface area (Å²) < 4.78 is 47.6. The van der Waals surface area contributed by atoms with Crippen molar-refractivity contribution >= 4 is 17.9 Å². The molecule has 7 aliphatic rings. The maximum absolute atomic E-state index is 13.3.